The van der Waals surface area contributed by atoms with E-state index >= 15 is 0 Å². The number of aromatic nitrogens is 1. The van der Waals surface area contributed by atoms with Crippen molar-refractivity contribution >= 4 is 44.6 Å². The van der Waals surface area contributed by atoms with E-state index in [4.69, 9.17) is 11.6 Å². The molecule has 21 heavy (non-hydrogen) atoms. The van der Waals surface area contributed by atoms with Gasteiger partial charge in [0.15, 0.2) is 8.68 Å². The SMILES string of the molecule is CC(=O)Nc1ccc(CNS(=O)(=O)c2cnc(Cl)s2)cc1. The summed E-state index contributed by atoms with van der Waals surface area (Å²) in [5, 5.41) is 2.63. The largest absolute Gasteiger partial charge is 0.326 e. The van der Waals surface area contributed by atoms with Crippen molar-refractivity contribution in [2.45, 2.75) is 17.7 Å². The quantitative estimate of drug-likeness (QED) is 0.869. The molecule has 1 aromatic heterocycles. The first-order valence-corrected chi connectivity index (χ1v) is 8.52. The Morgan fingerprint density at radius 1 is 1.33 bits per heavy atom. The molecule has 0 radical (unpaired) electrons. The number of rotatable bonds is 5. The van der Waals surface area contributed by atoms with Crippen LogP contribution in [0.4, 0.5) is 5.69 Å². The number of carbonyl (C=O) groups is 1. The van der Waals surface area contributed by atoms with Gasteiger partial charge in [0, 0.05) is 19.2 Å². The van der Waals surface area contributed by atoms with Gasteiger partial charge in [0.05, 0.1) is 6.20 Å². The summed E-state index contributed by atoms with van der Waals surface area (Å²) < 4.78 is 26.7. The first-order chi connectivity index (χ1) is 9.87. The lowest BCUT2D eigenvalue weighted by atomic mass is 10.2. The summed E-state index contributed by atoms with van der Waals surface area (Å²) in [6, 6.07) is 6.87. The summed E-state index contributed by atoms with van der Waals surface area (Å²) in [4.78, 5) is 14.6. The highest BCUT2D eigenvalue weighted by Crippen LogP contribution is 2.22. The maximum absolute atomic E-state index is 12.0. The van der Waals surface area contributed by atoms with Crippen molar-refractivity contribution in [2.24, 2.45) is 0 Å². The van der Waals surface area contributed by atoms with Crippen LogP contribution in [0.25, 0.3) is 0 Å². The molecule has 1 aromatic carbocycles. The van der Waals surface area contributed by atoms with Gasteiger partial charge in [-0.25, -0.2) is 18.1 Å². The van der Waals surface area contributed by atoms with Crippen LogP contribution in [0.5, 0.6) is 0 Å². The van der Waals surface area contributed by atoms with Crippen molar-refractivity contribution in [3.8, 4) is 0 Å². The minimum Gasteiger partial charge on any atom is -0.326 e. The van der Waals surface area contributed by atoms with Crippen molar-refractivity contribution in [1.29, 1.82) is 0 Å². The Labute approximate surface area is 131 Å². The number of sulfonamides is 1. The van der Waals surface area contributed by atoms with Crippen LogP contribution >= 0.6 is 22.9 Å². The number of nitrogens with one attached hydrogen (secondary N) is 2. The molecule has 2 aromatic rings. The topological polar surface area (TPSA) is 88.2 Å². The van der Waals surface area contributed by atoms with Crippen LogP contribution in [-0.2, 0) is 21.4 Å². The number of nitrogens with zero attached hydrogens (tertiary/aromatic N) is 1. The van der Waals surface area contributed by atoms with Crippen LogP contribution in [0.2, 0.25) is 4.47 Å². The Morgan fingerprint density at radius 2 is 2.00 bits per heavy atom. The average molecular weight is 346 g/mol. The number of anilines is 1. The van der Waals surface area contributed by atoms with Gasteiger partial charge < -0.3 is 5.32 Å². The van der Waals surface area contributed by atoms with Gasteiger partial charge in [0.2, 0.25) is 5.91 Å². The first-order valence-electron chi connectivity index (χ1n) is 5.84. The zero-order chi connectivity index (χ0) is 15.5. The summed E-state index contributed by atoms with van der Waals surface area (Å²) >= 11 is 6.52. The molecule has 0 fully saturated rings. The van der Waals surface area contributed by atoms with Gasteiger partial charge >= 0.3 is 0 Å². The minimum atomic E-state index is -3.61. The number of thiazole rings is 1. The molecule has 9 heteroatoms. The lowest BCUT2D eigenvalue weighted by Gasteiger charge is -2.06. The molecule has 2 rings (SSSR count). The van der Waals surface area contributed by atoms with Gasteiger partial charge in [0.1, 0.15) is 0 Å². The number of halogens is 1. The lowest BCUT2D eigenvalue weighted by Crippen LogP contribution is -2.22. The van der Waals surface area contributed by atoms with E-state index in [1.54, 1.807) is 24.3 Å². The third-order valence-electron chi connectivity index (χ3n) is 2.46. The standard InChI is InChI=1S/C12H12ClN3O3S2/c1-8(17)16-10-4-2-9(3-5-10)6-15-21(18,19)11-7-14-12(13)20-11/h2-5,7,15H,6H2,1H3,(H,16,17). The second kappa shape index (κ2) is 6.52. The van der Waals surface area contributed by atoms with Crippen LogP contribution < -0.4 is 10.0 Å². The summed E-state index contributed by atoms with van der Waals surface area (Å²) in [6.07, 6.45) is 1.22. The summed E-state index contributed by atoms with van der Waals surface area (Å²) in [5.41, 5.74) is 1.42. The van der Waals surface area contributed by atoms with E-state index in [1.807, 2.05) is 0 Å². The van der Waals surface area contributed by atoms with Crippen molar-refractivity contribution in [1.82, 2.24) is 9.71 Å². The van der Waals surface area contributed by atoms with Crippen LogP contribution in [0.3, 0.4) is 0 Å². The number of hydrogen-bond donors (Lipinski definition) is 2. The summed E-state index contributed by atoms with van der Waals surface area (Å²) in [6.45, 7) is 1.56. The highest BCUT2D eigenvalue weighted by atomic mass is 35.5. The molecule has 2 N–H and O–H groups in total. The normalized spacial score (nSPS) is 11.3. The predicted octanol–water partition coefficient (Wildman–Crippen LogP) is 2.23. The van der Waals surface area contributed by atoms with E-state index < -0.39 is 10.0 Å². The van der Waals surface area contributed by atoms with E-state index in [9.17, 15) is 13.2 Å². The van der Waals surface area contributed by atoms with E-state index in [0.29, 0.717) is 5.69 Å². The van der Waals surface area contributed by atoms with Gasteiger partial charge in [-0.05, 0) is 17.7 Å². The molecule has 0 spiro atoms. The Balaban J connectivity index is 2.01. The molecule has 0 aliphatic carbocycles. The van der Waals surface area contributed by atoms with Gasteiger partial charge in [0.25, 0.3) is 10.0 Å². The van der Waals surface area contributed by atoms with E-state index in [2.05, 4.69) is 15.0 Å². The first kappa shape index (κ1) is 15.9. The molecule has 1 amide bonds. The summed E-state index contributed by atoms with van der Waals surface area (Å²) in [5.74, 6) is -0.162. The minimum absolute atomic E-state index is 0.0716. The van der Waals surface area contributed by atoms with Crippen LogP contribution in [0.15, 0.2) is 34.7 Å². The zero-order valence-corrected chi connectivity index (χ0v) is 13.3. The Kier molecular flexibility index (Phi) is 4.94. The van der Waals surface area contributed by atoms with E-state index in [1.165, 1.54) is 13.1 Å². The van der Waals surface area contributed by atoms with Crippen molar-refractivity contribution in [2.75, 3.05) is 5.32 Å². The fraction of sp³-hybridized carbons (Fsp3) is 0.167. The molecule has 0 unspecified atom stereocenters. The fourth-order valence-corrected chi connectivity index (χ4v) is 3.88. The van der Waals surface area contributed by atoms with Crippen LogP contribution in [0.1, 0.15) is 12.5 Å². The second-order valence-corrected chi connectivity index (χ2v) is 7.74. The smallest absolute Gasteiger partial charge is 0.252 e. The number of benzene rings is 1. The van der Waals surface area contributed by atoms with Crippen molar-refractivity contribution in [3.63, 3.8) is 0 Å². The molecule has 0 aliphatic heterocycles. The molecule has 0 atom stereocenters. The monoisotopic (exact) mass is 345 g/mol. The Hall–Kier alpha value is -1.48. The number of hydrogen-bond acceptors (Lipinski definition) is 5. The second-order valence-electron chi connectivity index (χ2n) is 4.13. The fourth-order valence-electron chi connectivity index (χ4n) is 1.52. The molecule has 112 valence electrons. The maximum Gasteiger partial charge on any atom is 0.252 e. The van der Waals surface area contributed by atoms with Crippen LogP contribution in [-0.4, -0.2) is 19.3 Å². The highest BCUT2D eigenvalue weighted by molar-refractivity contribution is 7.91. The maximum atomic E-state index is 12.0. The van der Waals surface area contributed by atoms with Gasteiger partial charge in [-0.2, -0.15) is 0 Å². The third kappa shape index (κ3) is 4.50. The Bertz CT molecular complexity index is 741. The molecule has 0 saturated carbocycles. The molecule has 0 bridgehead atoms. The lowest BCUT2D eigenvalue weighted by molar-refractivity contribution is -0.114. The molecule has 0 saturated heterocycles. The molecule has 6 nitrogen and oxygen atoms in total. The van der Waals surface area contributed by atoms with Crippen molar-refractivity contribution < 1.29 is 13.2 Å². The summed E-state index contributed by atoms with van der Waals surface area (Å²) in [7, 11) is -3.61. The number of carbonyl (C=O) groups excluding carboxylic acids is 1. The Morgan fingerprint density at radius 3 is 2.52 bits per heavy atom. The average Bonchev–Trinajstić information content (AvgIpc) is 2.85. The van der Waals surface area contributed by atoms with E-state index in [-0.39, 0.29) is 21.1 Å². The zero-order valence-electron chi connectivity index (χ0n) is 11.0. The molecule has 0 aliphatic rings. The predicted molar refractivity (Wildman–Crippen MR) is 81.9 cm³/mol. The van der Waals surface area contributed by atoms with Crippen LogP contribution in [0, 0.1) is 0 Å². The van der Waals surface area contributed by atoms with Gasteiger partial charge in [-0.15, -0.1) is 0 Å². The number of amides is 1. The van der Waals surface area contributed by atoms with Gasteiger partial charge in [-0.1, -0.05) is 35.1 Å². The molecular formula is C12H12ClN3O3S2. The molecular weight excluding hydrogens is 334 g/mol. The third-order valence-corrected chi connectivity index (χ3v) is 5.44. The molecule has 1 heterocycles. The van der Waals surface area contributed by atoms with Gasteiger partial charge in [-0.3, -0.25) is 4.79 Å². The van der Waals surface area contributed by atoms with Crippen molar-refractivity contribution in [3.05, 3.63) is 40.5 Å². The highest BCUT2D eigenvalue weighted by Gasteiger charge is 2.17. The van der Waals surface area contributed by atoms with E-state index in [0.717, 1.165) is 16.9 Å².